The molecule has 4 aliphatic rings. The van der Waals surface area contributed by atoms with Crippen molar-refractivity contribution in [2.24, 2.45) is 28.1 Å². The number of hydrogen-bond donors (Lipinski definition) is 18. The van der Waals surface area contributed by atoms with Crippen molar-refractivity contribution in [2.75, 3.05) is 60.4 Å². The molecule has 0 aliphatic carbocycles. The number of amides is 18. The van der Waals surface area contributed by atoms with Crippen LogP contribution in [0.2, 0.25) is 0 Å². The molecule has 0 radical (unpaired) electrons. The highest BCUT2D eigenvalue weighted by atomic mass is 16.3. The van der Waals surface area contributed by atoms with E-state index in [1.807, 2.05) is 13.8 Å². The van der Waals surface area contributed by atoms with Crippen molar-refractivity contribution < 1.29 is 96.5 Å². The summed E-state index contributed by atoms with van der Waals surface area (Å²) in [6, 6.07) is 0.301. The Bertz CT molecular complexity index is 5130. The molecule has 4 aliphatic heterocycles. The first-order valence-corrected chi connectivity index (χ1v) is 45.0. The van der Waals surface area contributed by atoms with Crippen molar-refractivity contribution in [1.29, 1.82) is 0 Å². The number of nitrogens with one attached hydrogen (secondary N) is 13. The number of aliphatic imine (C=N–C) groups is 1. The number of rotatable bonds is 24. The van der Waals surface area contributed by atoms with Crippen LogP contribution in [0.5, 0.6) is 5.75 Å². The van der Waals surface area contributed by atoms with Gasteiger partial charge in [0.2, 0.25) is 106 Å². The van der Waals surface area contributed by atoms with E-state index in [2.05, 4.69) is 73.4 Å². The monoisotopic (exact) mass is 1850 g/mol. The van der Waals surface area contributed by atoms with Gasteiger partial charge in [-0.2, -0.15) is 0 Å². The highest BCUT2D eigenvalue weighted by Crippen LogP contribution is 2.28. The Labute approximate surface area is 769 Å². The molecule has 42 heteroatoms. The second-order valence-electron chi connectivity index (χ2n) is 34.7. The number of nitrogens with zero attached hydrogens (tertiary/aromatic N) is 6. The fourth-order valence-corrected chi connectivity index (χ4v) is 16.8. The number of primary amides is 3. The van der Waals surface area contributed by atoms with Crippen LogP contribution in [0.25, 0.3) is 21.8 Å². The number of fused-ring (bicyclic) bond motifs is 4. The van der Waals surface area contributed by atoms with Crippen LogP contribution in [0.3, 0.4) is 0 Å². The van der Waals surface area contributed by atoms with Crippen molar-refractivity contribution in [1.82, 2.24) is 93.0 Å². The molecule has 0 spiro atoms. The summed E-state index contributed by atoms with van der Waals surface area (Å²) in [6.45, 7) is 5.65. The zero-order valence-electron chi connectivity index (χ0n) is 76.2. The van der Waals surface area contributed by atoms with E-state index in [-0.39, 0.29) is 95.4 Å². The third kappa shape index (κ3) is 28.9. The lowest BCUT2D eigenvalue weighted by Crippen LogP contribution is -2.60. The summed E-state index contributed by atoms with van der Waals surface area (Å²) in [5, 5.41) is 52.3. The van der Waals surface area contributed by atoms with E-state index in [1.54, 1.807) is 74.8 Å². The maximum atomic E-state index is 15.6. The van der Waals surface area contributed by atoms with Crippen LogP contribution in [0, 0.1) is 5.92 Å². The molecule has 3 saturated heterocycles. The van der Waals surface area contributed by atoms with Crippen LogP contribution in [-0.2, 0) is 106 Å². The number of aromatic hydroxyl groups is 1. The number of likely N-dealkylation sites (N-methyl/N-ethyl adjacent to an activating group) is 3. The SMILES string of the molecule is CCCC[C@H]1C(=O)N(C)[C@@H](CCCC)C(=O)N[C@@H](CC(C)C)C(=O)N[C@H](C(=O)NCC(N)=O)CCNCC(=O)N[C@@H](Cc2ccc(O)cc2)C(=O)N(C)[C@@H](C)C(=O)N[C@@H](CC(N)=O)C(=O)N2CCC[C@H]2C(=O)N[C@@H](CC2=CN=CC2)C(=O)N[C@@H](CCC(N)=O)C(=O)N2C[C@H](O)C[C@H]2C(=O)N[C@@H](Cc2c[nH]c3ccccc23)C(=O)NCC(=O)N[C@@H](Cc2c[nH]c3ccccc23)C(=O)N1C. The van der Waals surface area contributed by atoms with Gasteiger partial charge < -0.3 is 120 Å². The molecule has 21 N–H and O–H groups in total. The molecule has 3 fully saturated rings. The predicted molar refractivity (Wildman–Crippen MR) is 487 cm³/mol. The van der Waals surface area contributed by atoms with Crippen molar-refractivity contribution in [3.05, 3.63) is 114 Å². The average Bonchev–Trinajstić information content (AvgIpc) is 1.73. The van der Waals surface area contributed by atoms with E-state index in [9.17, 15) is 63.0 Å². The molecule has 133 heavy (non-hydrogen) atoms. The van der Waals surface area contributed by atoms with E-state index in [4.69, 9.17) is 17.2 Å². The zero-order valence-corrected chi connectivity index (χ0v) is 76.2. The number of phenolic OH excluding ortho intramolecular Hbond substituents is 1. The molecule has 5 aromatic rings. The van der Waals surface area contributed by atoms with Gasteiger partial charge in [-0.1, -0.05) is 102 Å². The number of para-hydroxylation sites is 2. The Hall–Kier alpha value is -13.7. The van der Waals surface area contributed by atoms with Gasteiger partial charge in [0.25, 0.3) is 0 Å². The smallest absolute Gasteiger partial charge is 0.246 e. The number of carbonyl (C=O) groups is 18. The number of phenols is 1. The van der Waals surface area contributed by atoms with Gasteiger partial charge in [0.1, 0.15) is 84.3 Å². The molecular formula is C91H126N22O20. The minimum absolute atomic E-state index is 0.0220. The predicted octanol–water partition coefficient (Wildman–Crippen LogP) is -2.26. The van der Waals surface area contributed by atoms with Gasteiger partial charge in [0.15, 0.2) is 0 Å². The Kier molecular flexibility index (Phi) is 38.0. The van der Waals surface area contributed by atoms with Crippen molar-refractivity contribution in [3.63, 3.8) is 0 Å². The number of unbranched alkanes of at least 4 members (excludes halogenated alkanes) is 2. The van der Waals surface area contributed by atoms with Crippen LogP contribution >= 0.6 is 0 Å². The van der Waals surface area contributed by atoms with E-state index in [0.717, 1.165) is 14.7 Å². The highest BCUT2D eigenvalue weighted by Gasteiger charge is 2.46. The van der Waals surface area contributed by atoms with Gasteiger partial charge in [-0.05, 0) is 117 Å². The van der Waals surface area contributed by atoms with Gasteiger partial charge in [-0.15, -0.1) is 0 Å². The quantitative estimate of drug-likeness (QED) is 0.0310. The summed E-state index contributed by atoms with van der Waals surface area (Å²) >= 11 is 0. The minimum atomic E-state index is -1.78. The van der Waals surface area contributed by atoms with Crippen LogP contribution in [-0.4, -0.2) is 302 Å². The van der Waals surface area contributed by atoms with E-state index in [0.29, 0.717) is 69.8 Å². The van der Waals surface area contributed by atoms with E-state index in [1.165, 1.54) is 74.5 Å². The highest BCUT2D eigenvalue weighted by molar-refractivity contribution is 6.02. The lowest BCUT2D eigenvalue weighted by atomic mass is 9.99. The number of aliphatic hydroxyl groups excluding tert-OH is 1. The fraction of sp³-hybridized carbons (Fsp3) is 0.527. The Morgan fingerprint density at radius 2 is 1.08 bits per heavy atom. The summed E-state index contributed by atoms with van der Waals surface area (Å²) in [5.74, 6) is -16.8. The number of carbonyl (C=O) groups excluding carboxylic acids is 18. The lowest BCUT2D eigenvalue weighted by molar-refractivity contribution is -0.149. The number of hydrogen-bond acceptors (Lipinski definition) is 22. The summed E-state index contributed by atoms with van der Waals surface area (Å²) in [6.07, 6.45) is 3.63. The molecule has 0 unspecified atom stereocenters. The van der Waals surface area contributed by atoms with Gasteiger partial charge in [-0.25, -0.2) is 0 Å². The summed E-state index contributed by atoms with van der Waals surface area (Å²) in [7, 11) is 4.01. The number of H-pyrrole nitrogens is 2. The largest absolute Gasteiger partial charge is 0.508 e. The zero-order chi connectivity index (χ0) is 97.0. The summed E-state index contributed by atoms with van der Waals surface area (Å²) < 4.78 is 0. The Balaban J connectivity index is 1.07. The Morgan fingerprint density at radius 1 is 0.534 bits per heavy atom. The van der Waals surface area contributed by atoms with Gasteiger partial charge in [0.05, 0.1) is 32.2 Å². The summed E-state index contributed by atoms with van der Waals surface area (Å²) in [5.41, 5.74) is 20.1. The second-order valence-corrected chi connectivity index (χ2v) is 34.7. The molecule has 6 heterocycles. The van der Waals surface area contributed by atoms with Crippen LogP contribution in [0.15, 0.2) is 102 Å². The fourth-order valence-electron chi connectivity index (χ4n) is 16.8. The number of benzene rings is 3. The van der Waals surface area contributed by atoms with Crippen molar-refractivity contribution in [3.8, 4) is 5.75 Å². The standard InChI is InChI=1S/C91H126N22O20/c1-9-11-22-70-84(126)105-64(36-50(3)4)82(124)103-62(80(122)99-46-76(94)118)32-34-96-47-77(119)101-67(37-52-25-27-56(114)28-26-52)87(129)109(6)51(5)79(121)108-69(42-75(93)117)90(132)112-35-17-24-71(112)85(127)106-65(38-53-31-33-95-43-53)83(125)104-63(29-30-74(92)116)89(131)113-49-57(115)41-73(113)86(128)107-66(39-54-44-97-60-20-15-13-18-58(54)60)81(123)100-48-78(120)102-68(40-55-45-98-61-21-16-14-19-59(55)61)88(130)111(8)72(23-12-10-2)91(133)110(70)7/h13-16,18-21,25-28,33,43-45,50-51,57,62-73,96-98,114-115H,9-12,17,22-24,29-32,34-42,46-49H2,1-8H3,(H2,92,116)(H2,93,117)(H2,94,118)(H,99,122)(H,100,123)(H,101,119)(H,102,120)(H,103,124)(H,104,125)(H,105,126)(H,106,127)(H,107,128)(H,108,121)/t51-,57+,62-,63-,64-,65-,66-,67-,68-,69-,70-,71-,72-,73-/m0/s1. The summed E-state index contributed by atoms with van der Waals surface area (Å²) in [4.78, 5) is 277. The molecule has 9 rings (SSSR count). The average molecular weight is 1850 g/mol. The second kappa shape index (κ2) is 49.0. The van der Waals surface area contributed by atoms with Crippen LogP contribution in [0.4, 0.5) is 0 Å². The molecule has 18 amide bonds. The first-order valence-electron chi connectivity index (χ1n) is 45.0. The third-order valence-corrected chi connectivity index (χ3v) is 24.2. The van der Waals surface area contributed by atoms with Crippen LogP contribution in [0.1, 0.15) is 154 Å². The van der Waals surface area contributed by atoms with Crippen molar-refractivity contribution in [2.45, 2.75) is 241 Å². The van der Waals surface area contributed by atoms with E-state index >= 15 is 33.6 Å². The third-order valence-electron chi connectivity index (χ3n) is 24.2. The Morgan fingerprint density at radius 3 is 1.68 bits per heavy atom. The lowest BCUT2D eigenvalue weighted by Gasteiger charge is -2.36. The number of nitrogens with two attached hydrogens (primary N) is 3. The van der Waals surface area contributed by atoms with Crippen molar-refractivity contribution >= 4 is 134 Å². The minimum Gasteiger partial charge on any atom is -0.508 e. The van der Waals surface area contributed by atoms with Gasteiger partial charge in [-0.3, -0.25) is 91.3 Å². The van der Waals surface area contributed by atoms with Gasteiger partial charge in [0, 0.05) is 119 Å². The number of aromatic nitrogens is 2. The molecular weight excluding hydrogens is 1720 g/mol. The molecule has 0 bridgehead atoms. The topological polar surface area (TPSA) is 618 Å². The number of aromatic amines is 2. The van der Waals surface area contributed by atoms with Gasteiger partial charge >= 0.3 is 0 Å². The molecule has 0 saturated carbocycles. The maximum Gasteiger partial charge on any atom is 0.246 e. The first kappa shape index (κ1) is 103. The van der Waals surface area contributed by atoms with Crippen LogP contribution < -0.4 is 75.7 Å². The molecule has 3 aromatic carbocycles. The number of aliphatic hydroxyl groups is 1. The molecule has 42 nitrogen and oxygen atoms in total. The first-order chi connectivity index (χ1) is 63.3. The normalized spacial score (nSPS) is 24.9. The molecule has 2 aromatic heterocycles. The molecule has 14 atom stereocenters. The molecule has 720 valence electrons. The van der Waals surface area contributed by atoms with E-state index < -0.39 is 243 Å². The maximum absolute atomic E-state index is 15.6.